The van der Waals surface area contributed by atoms with Gasteiger partial charge in [0, 0.05) is 11.3 Å². The summed E-state index contributed by atoms with van der Waals surface area (Å²) in [6, 6.07) is 13.5. The topological polar surface area (TPSA) is 83.6 Å². The lowest BCUT2D eigenvalue weighted by molar-refractivity contribution is -0.119. The standard InChI is InChI=1S/C19H20N2O4S/c1-3-14-4-8-16(9-5-14)20-18(22)15-6-10-17(11-7-15)21-19(23)13(2)12-26(21,24)25/h4-11,13H,3,12H2,1-2H3,(H,20,22)/t13-/m1/s1. The number of hydrogen-bond donors (Lipinski definition) is 1. The normalized spacial score (nSPS) is 18.8. The second-order valence-corrected chi connectivity index (χ2v) is 8.20. The number of sulfonamides is 1. The molecule has 1 aliphatic rings. The molecule has 7 heteroatoms. The highest BCUT2D eigenvalue weighted by Gasteiger charge is 2.41. The molecule has 0 saturated carbocycles. The third kappa shape index (κ3) is 3.48. The maximum Gasteiger partial charge on any atom is 0.255 e. The first-order chi connectivity index (χ1) is 12.3. The van der Waals surface area contributed by atoms with E-state index in [1.54, 1.807) is 6.92 Å². The maximum atomic E-state index is 12.3. The monoisotopic (exact) mass is 372 g/mol. The Kier molecular flexibility index (Phi) is 4.82. The van der Waals surface area contributed by atoms with Crippen molar-refractivity contribution in [1.82, 2.24) is 0 Å². The van der Waals surface area contributed by atoms with Crippen LogP contribution in [0.2, 0.25) is 0 Å². The Balaban J connectivity index is 1.76. The van der Waals surface area contributed by atoms with E-state index in [2.05, 4.69) is 12.2 Å². The summed E-state index contributed by atoms with van der Waals surface area (Å²) in [4.78, 5) is 24.4. The summed E-state index contributed by atoms with van der Waals surface area (Å²) < 4.78 is 25.1. The first-order valence-corrected chi connectivity index (χ1v) is 10.00. The van der Waals surface area contributed by atoms with Crippen molar-refractivity contribution in [2.45, 2.75) is 20.3 Å². The molecule has 0 aliphatic carbocycles. The fourth-order valence-corrected chi connectivity index (χ4v) is 4.68. The first kappa shape index (κ1) is 18.1. The summed E-state index contributed by atoms with van der Waals surface area (Å²) >= 11 is 0. The van der Waals surface area contributed by atoms with Crippen LogP contribution in [0.4, 0.5) is 11.4 Å². The maximum absolute atomic E-state index is 12.3. The molecule has 0 unspecified atom stereocenters. The minimum absolute atomic E-state index is 0.193. The van der Waals surface area contributed by atoms with Crippen LogP contribution in [0.1, 0.15) is 29.8 Å². The van der Waals surface area contributed by atoms with Gasteiger partial charge in [0.15, 0.2) is 0 Å². The average Bonchev–Trinajstić information content (AvgIpc) is 2.83. The highest BCUT2D eigenvalue weighted by atomic mass is 32.2. The van der Waals surface area contributed by atoms with Crippen molar-refractivity contribution in [3.63, 3.8) is 0 Å². The Morgan fingerprint density at radius 1 is 1.12 bits per heavy atom. The van der Waals surface area contributed by atoms with Crippen LogP contribution in [0.25, 0.3) is 0 Å². The van der Waals surface area contributed by atoms with Gasteiger partial charge in [-0.05, 0) is 48.4 Å². The van der Waals surface area contributed by atoms with Crippen molar-refractivity contribution in [2.24, 2.45) is 5.92 Å². The zero-order chi connectivity index (χ0) is 18.9. The van der Waals surface area contributed by atoms with Gasteiger partial charge >= 0.3 is 0 Å². The Morgan fingerprint density at radius 2 is 1.73 bits per heavy atom. The molecular weight excluding hydrogens is 352 g/mol. The number of rotatable bonds is 4. The van der Waals surface area contributed by atoms with E-state index in [0.29, 0.717) is 11.3 Å². The predicted molar refractivity (Wildman–Crippen MR) is 101 cm³/mol. The SMILES string of the molecule is CCc1ccc(NC(=O)c2ccc(N3C(=O)[C@H](C)CS3(=O)=O)cc2)cc1. The van der Waals surface area contributed by atoms with E-state index in [0.717, 1.165) is 10.7 Å². The quantitative estimate of drug-likeness (QED) is 0.894. The van der Waals surface area contributed by atoms with Gasteiger partial charge in [-0.1, -0.05) is 26.0 Å². The van der Waals surface area contributed by atoms with E-state index in [-0.39, 0.29) is 17.3 Å². The van der Waals surface area contributed by atoms with E-state index >= 15 is 0 Å². The molecule has 0 spiro atoms. The van der Waals surface area contributed by atoms with Crippen LogP contribution < -0.4 is 9.62 Å². The van der Waals surface area contributed by atoms with Gasteiger partial charge < -0.3 is 5.32 Å². The molecule has 1 saturated heterocycles. The summed E-state index contributed by atoms with van der Waals surface area (Å²) in [5.41, 5.74) is 2.49. The molecule has 1 N–H and O–H groups in total. The number of benzene rings is 2. The van der Waals surface area contributed by atoms with Gasteiger partial charge in [0.1, 0.15) is 0 Å². The van der Waals surface area contributed by atoms with Crippen molar-refractivity contribution in [2.75, 3.05) is 15.4 Å². The predicted octanol–water partition coefficient (Wildman–Crippen LogP) is 2.81. The summed E-state index contributed by atoms with van der Waals surface area (Å²) in [7, 11) is -3.64. The average molecular weight is 372 g/mol. The highest BCUT2D eigenvalue weighted by molar-refractivity contribution is 7.94. The molecule has 0 radical (unpaired) electrons. The molecule has 3 rings (SSSR count). The number of carbonyl (C=O) groups excluding carboxylic acids is 2. The minimum Gasteiger partial charge on any atom is -0.322 e. The fraction of sp³-hybridized carbons (Fsp3) is 0.263. The molecule has 26 heavy (non-hydrogen) atoms. The number of hydrogen-bond acceptors (Lipinski definition) is 4. The molecule has 1 fully saturated rings. The Hall–Kier alpha value is -2.67. The third-order valence-corrected chi connectivity index (χ3v) is 6.21. The van der Waals surface area contributed by atoms with Gasteiger partial charge in [-0.2, -0.15) is 0 Å². The lowest BCUT2D eigenvalue weighted by Gasteiger charge is -2.15. The first-order valence-electron chi connectivity index (χ1n) is 8.39. The molecule has 2 aromatic rings. The van der Waals surface area contributed by atoms with Gasteiger partial charge in [-0.25, -0.2) is 12.7 Å². The zero-order valence-corrected chi connectivity index (χ0v) is 15.4. The molecule has 1 aliphatic heterocycles. The van der Waals surface area contributed by atoms with E-state index in [4.69, 9.17) is 0 Å². The van der Waals surface area contributed by atoms with E-state index in [1.165, 1.54) is 29.8 Å². The molecule has 0 aromatic heterocycles. The summed E-state index contributed by atoms with van der Waals surface area (Å²) in [5.74, 6) is -1.50. The van der Waals surface area contributed by atoms with Crippen molar-refractivity contribution in [3.8, 4) is 0 Å². The van der Waals surface area contributed by atoms with Crippen LogP contribution in [-0.2, 0) is 21.2 Å². The number of nitrogens with zero attached hydrogens (tertiary/aromatic N) is 1. The van der Waals surface area contributed by atoms with Crippen molar-refractivity contribution in [3.05, 3.63) is 59.7 Å². The number of amides is 2. The molecule has 1 atom stereocenters. The van der Waals surface area contributed by atoms with Crippen LogP contribution in [-0.4, -0.2) is 26.0 Å². The van der Waals surface area contributed by atoms with Crippen molar-refractivity contribution < 1.29 is 18.0 Å². The second kappa shape index (κ2) is 6.92. The van der Waals surface area contributed by atoms with Crippen LogP contribution in [0, 0.1) is 5.92 Å². The lowest BCUT2D eigenvalue weighted by atomic mass is 10.1. The van der Waals surface area contributed by atoms with Crippen molar-refractivity contribution in [1.29, 1.82) is 0 Å². The van der Waals surface area contributed by atoms with E-state index in [9.17, 15) is 18.0 Å². The van der Waals surface area contributed by atoms with Gasteiger partial charge in [0.2, 0.25) is 15.9 Å². The Labute approximate surface area is 152 Å². The molecule has 6 nitrogen and oxygen atoms in total. The number of anilines is 2. The molecule has 0 bridgehead atoms. The summed E-state index contributed by atoms with van der Waals surface area (Å²) in [5, 5.41) is 2.79. The molecule has 136 valence electrons. The molecule has 1 heterocycles. The fourth-order valence-electron chi connectivity index (χ4n) is 2.86. The van der Waals surface area contributed by atoms with Gasteiger partial charge in [-0.15, -0.1) is 0 Å². The van der Waals surface area contributed by atoms with E-state index < -0.39 is 21.8 Å². The summed E-state index contributed by atoms with van der Waals surface area (Å²) in [6.07, 6.45) is 0.923. The Bertz CT molecular complexity index is 935. The van der Waals surface area contributed by atoms with Crippen LogP contribution >= 0.6 is 0 Å². The minimum atomic E-state index is -3.64. The molecule has 2 aromatic carbocycles. The number of nitrogens with one attached hydrogen (secondary N) is 1. The van der Waals surface area contributed by atoms with Crippen LogP contribution in [0.15, 0.2) is 48.5 Å². The van der Waals surface area contributed by atoms with Gasteiger partial charge in [0.05, 0.1) is 17.4 Å². The van der Waals surface area contributed by atoms with Crippen molar-refractivity contribution >= 4 is 33.2 Å². The summed E-state index contributed by atoms with van der Waals surface area (Å²) in [6.45, 7) is 3.65. The molecule has 2 amide bonds. The largest absolute Gasteiger partial charge is 0.322 e. The van der Waals surface area contributed by atoms with E-state index in [1.807, 2.05) is 24.3 Å². The van der Waals surface area contributed by atoms with Gasteiger partial charge in [0.25, 0.3) is 5.91 Å². The molecular formula is C19H20N2O4S. The Morgan fingerprint density at radius 3 is 2.23 bits per heavy atom. The smallest absolute Gasteiger partial charge is 0.255 e. The zero-order valence-electron chi connectivity index (χ0n) is 14.6. The highest BCUT2D eigenvalue weighted by Crippen LogP contribution is 2.28. The number of carbonyl (C=O) groups is 2. The van der Waals surface area contributed by atoms with Gasteiger partial charge in [-0.3, -0.25) is 9.59 Å². The second-order valence-electron chi connectivity index (χ2n) is 6.33. The lowest BCUT2D eigenvalue weighted by Crippen LogP contribution is -2.30. The van der Waals surface area contributed by atoms with Crippen LogP contribution in [0.5, 0.6) is 0 Å². The number of aryl methyl sites for hydroxylation is 1. The van der Waals surface area contributed by atoms with Crippen LogP contribution in [0.3, 0.4) is 0 Å². The third-order valence-electron chi connectivity index (χ3n) is 4.34.